The van der Waals surface area contributed by atoms with Gasteiger partial charge in [-0.15, -0.1) is 0 Å². The number of ether oxygens (including phenoxy) is 2. The molecule has 0 fully saturated rings. The van der Waals surface area contributed by atoms with Gasteiger partial charge in [0.2, 0.25) is 0 Å². The van der Waals surface area contributed by atoms with Gasteiger partial charge in [0.25, 0.3) is 10.1 Å². The van der Waals surface area contributed by atoms with Gasteiger partial charge < -0.3 is 14.6 Å². The molecule has 0 aromatic rings. The second-order valence-electron chi connectivity index (χ2n) is 4.37. The van der Waals surface area contributed by atoms with Gasteiger partial charge in [0.15, 0.2) is 5.25 Å². The third kappa shape index (κ3) is 12.8. The number of hydrogen-bond acceptors (Lipinski definition) is 7. The van der Waals surface area contributed by atoms with Crippen LogP contribution < -0.4 is 0 Å². The average Bonchev–Trinajstić information content (AvgIpc) is 2.28. The standard InChI is InChI=1S/C10H15BrO9S.2Na/c1-10(2,11)9(15)20-4-3-19-7(12)5-6(8(13)14)21(16,17)18;;/h6H,3-5H2,1-2H3,(H,13,14)(H,16,17,18);;. The zero-order valence-corrected chi connectivity index (χ0v) is 19.6. The van der Waals surface area contributed by atoms with Gasteiger partial charge in [-0.3, -0.25) is 18.9 Å². The van der Waals surface area contributed by atoms with Crippen LogP contribution in [0.15, 0.2) is 0 Å². The number of carbonyl (C=O) groups excluding carboxylic acids is 2. The molecule has 0 aliphatic heterocycles. The normalized spacial score (nSPS) is 12.2. The van der Waals surface area contributed by atoms with E-state index in [0.717, 1.165) is 0 Å². The van der Waals surface area contributed by atoms with Crippen LogP contribution in [-0.4, -0.2) is 118 Å². The Hall–Kier alpha value is 0.800. The van der Waals surface area contributed by atoms with Crippen LogP contribution in [0.3, 0.4) is 0 Å². The van der Waals surface area contributed by atoms with E-state index in [-0.39, 0.29) is 72.3 Å². The molecule has 0 aliphatic rings. The number of carboxylic acids is 1. The molecule has 0 saturated heterocycles. The summed E-state index contributed by atoms with van der Waals surface area (Å²) in [5, 5.41) is 6.27. The molecule has 0 spiro atoms. The molecular formula is C10H15BrNa2O9S. The molecule has 1 unspecified atom stereocenters. The van der Waals surface area contributed by atoms with E-state index in [9.17, 15) is 22.8 Å². The van der Waals surface area contributed by atoms with E-state index in [1.165, 1.54) is 0 Å². The molecule has 0 saturated carbocycles. The zero-order valence-electron chi connectivity index (χ0n) is 13.2. The summed E-state index contributed by atoms with van der Waals surface area (Å²) in [6.07, 6.45) is -1.05. The maximum atomic E-state index is 11.3. The Labute approximate surface area is 186 Å². The van der Waals surface area contributed by atoms with Crippen LogP contribution in [0.1, 0.15) is 20.3 Å². The molecule has 0 aromatic carbocycles. The second kappa shape index (κ2) is 12.2. The summed E-state index contributed by atoms with van der Waals surface area (Å²) >= 11 is 3.05. The van der Waals surface area contributed by atoms with Crippen LogP contribution in [0.4, 0.5) is 0 Å². The van der Waals surface area contributed by atoms with Crippen molar-refractivity contribution in [1.82, 2.24) is 0 Å². The molecule has 0 amide bonds. The second-order valence-corrected chi connectivity index (χ2v) is 7.96. The Morgan fingerprint density at radius 1 is 1.13 bits per heavy atom. The van der Waals surface area contributed by atoms with Gasteiger partial charge in [0.1, 0.15) is 17.5 Å². The SMILES string of the molecule is CC(C)(Br)C(=O)OCCOC(=O)CC(C(=O)O)S(=O)(=O)O.[Na].[Na]. The van der Waals surface area contributed by atoms with Gasteiger partial charge in [-0.25, -0.2) is 0 Å². The summed E-state index contributed by atoms with van der Waals surface area (Å²) in [5.41, 5.74) is 0. The predicted octanol–water partition coefficient (Wildman–Crippen LogP) is -0.784. The predicted molar refractivity (Wildman–Crippen MR) is 84.0 cm³/mol. The first-order valence-corrected chi connectivity index (χ1v) is 7.86. The molecule has 2 N–H and O–H groups in total. The largest absolute Gasteiger partial charge is 0.480 e. The summed E-state index contributed by atoms with van der Waals surface area (Å²) in [6.45, 7) is 2.45. The van der Waals surface area contributed by atoms with E-state index in [2.05, 4.69) is 20.7 Å². The Morgan fingerprint density at radius 2 is 1.57 bits per heavy atom. The van der Waals surface area contributed by atoms with Crippen molar-refractivity contribution < 1.29 is 41.9 Å². The summed E-state index contributed by atoms with van der Waals surface area (Å²) in [5.74, 6) is -3.63. The summed E-state index contributed by atoms with van der Waals surface area (Å²) in [6, 6.07) is 0. The van der Waals surface area contributed by atoms with Crippen LogP contribution in [0.5, 0.6) is 0 Å². The first kappa shape index (κ1) is 28.6. The molecule has 9 nitrogen and oxygen atoms in total. The van der Waals surface area contributed by atoms with Gasteiger partial charge in [0, 0.05) is 59.1 Å². The van der Waals surface area contributed by atoms with Crippen LogP contribution >= 0.6 is 15.9 Å². The zero-order chi connectivity index (χ0) is 16.8. The fourth-order valence-corrected chi connectivity index (χ4v) is 1.71. The van der Waals surface area contributed by atoms with Crippen LogP contribution in [-0.2, 0) is 34.0 Å². The molecule has 1 atom stereocenters. The minimum Gasteiger partial charge on any atom is -0.480 e. The minimum atomic E-state index is -4.91. The van der Waals surface area contributed by atoms with Gasteiger partial charge >= 0.3 is 17.9 Å². The summed E-state index contributed by atoms with van der Waals surface area (Å²) in [7, 11) is -4.91. The number of esters is 2. The fraction of sp³-hybridized carbons (Fsp3) is 0.700. The number of alkyl halides is 1. The monoisotopic (exact) mass is 436 g/mol. The minimum absolute atomic E-state index is 0. The van der Waals surface area contributed by atoms with Gasteiger partial charge in [-0.05, 0) is 13.8 Å². The number of halogens is 1. The van der Waals surface area contributed by atoms with Gasteiger partial charge in [-0.1, -0.05) is 15.9 Å². The van der Waals surface area contributed by atoms with Crippen molar-refractivity contribution >= 4 is 103 Å². The van der Waals surface area contributed by atoms with Crippen molar-refractivity contribution in [1.29, 1.82) is 0 Å². The van der Waals surface area contributed by atoms with E-state index in [1.54, 1.807) is 13.8 Å². The van der Waals surface area contributed by atoms with E-state index in [0.29, 0.717) is 0 Å². The van der Waals surface area contributed by atoms with Crippen molar-refractivity contribution in [3.05, 3.63) is 0 Å². The Bertz CT molecular complexity index is 515. The van der Waals surface area contributed by atoms with E-state index in [1.807, 2.05) is 0 Å². The third-order valence-electron chi connectivity index (χ3n) is 2.05. The first-order valence-electron chi connectivity index (χ1n) is 5.56. The Kier molecular flexibility index (Phi) is 15.2. The van der Waals surface area contributed by atoms with Gasteiger partial charge in [0.05, 0.1) is 6.42 Å². The number of carboxylic acid groups (broad SMARTS) is 1. The third-order valence-corrected chi connectivity index (χ3v) is 3.46. The fourth-order valence-electron chi connectivity index (χ4n) is 0.992. The molecule has 0 bridgehead atoms. The molecule has 23 heavy (non-hydrogen) atoms. The summed E-state index contributed by atoms with van der Waals surface area (Å²) in [4.78, 5) is 33.1. The summed E-state index contributed by atoms with van der Waals surface area (Å²) < 4.78 is 38.4. The molecule has 0 rings (SSSR count). The van der Waals surface area contributed by atoms with Crippen molar-refractivity contribution in [2.75, 3.05) is 13.2 Å². The van der Waals surface area contributed by atoms with Crippen LogP contribution in [0.25, 0.3) is 0 Å². The average molecular weight is 437 g/mol. The maximum Gasteiger partial charge on any atom is 0.325 e. The molecule has 2 radical (unpaired) electrons. The smallest absolute Gasteiger partial charge is 0.325 e. The van der Waals surface area contributed by atoms with Gasteiger partial charge in [-0.2, -0.15) is 8.42 Å². The van der Waals surface area contributed by atoms with Crippen LogP contribution in [0, 0.1) is 0 Å². The number of rotatable bonds is 8. The number of aliphatic carboxylic acids is 1. The van der Waals surface area contributed by atoms with E-state index >= 15 is 0 Å². The molecule has 0 aromatic heterocycles. The Balaban J connectivity index is -0.00000200. The van der Waals surface area contributed by atoms with Crippen molar-refractivity contribution in [3.63, 3.8) is 0 Å². The molecule has 13 heteroatoms. The Morgan fingerprint density at radius 3 is 1.91 bits per heavy atom. The van der Waals surface area contributed by atoms with Crippen molar-refractivity contribution in [2.45, 2.75) is 29.8 Å². The van der Waals surface area contributed by atoms with Crippen molar-refractivity contribution in [3.8, 4) is 0 Å². The molecule has 0 heterocycles. The topological polar surface area (TPSA) is 144 Å². The van der Waals surface area contributed by atoms with Crippen molar-refractivity contribution in [2.24, 2.45) is 0 Å². The quantitative estimate of drug-likeness (QED) is 0.164. The molecule has 124 valence electrons. The first-order chi connectivity index (χ1) is 9.35. The van der Waals surface area contributed by atoms with Crippen LogP contribution in [0.2, 0.25) is 0 Å². The van der Waals surface area contributed by atoms with E-state index < -0.39 is 44.0 Å². The maximum absolute atomic E-state index is 11.3. The number of hydrogen-bond donors (Lipinski definition) is 2. The van der Waals surface area contributed by atoms with E-state index in [4.69, 9.17) is 14.4 Å². The molecule has 0 aliphatic carbocycles. The molecular weight excluding hydrogens is 422 g/mol. The number of carbonyl (C=O) groups is 3.